The molecule has 1 nitrogen and oxygen atoms in total. The summed E-state index contributed by atoms with van der Waals surface area (Å²) in [5, 5.41) is 0. The van der Waals surface area contributed by atoms with Crippen LogP contribution in [0.15, 0.2) is 11.6 Å². The molecule has 0 aromatic rings. The monoisotopic (exact) mass is 138 g/mol. The number of hydrogen-bond donors (Lipinski definition) is 0. The van der Waals surface area contributed by atoms with Crippen molar-refractivity contribution in [2.45, 2.75) is 33.1 Å². The molecular weight excluding hydrogens is 124 g/mol. The van der Waals surface area contributed by atoms with Crippen molar-refractivity contribution in [3.05, 3.63) is 11.6 Å². The van der Waals surface area contributed by atoms with Crippen LogP contribution in [0.25, 0.3) is 0 Å². The van der Waals surface area contributed by atoms with E-state index in [9.17, 15) is 4.79 Å². The molecule has 0 N–H and O–H groups in total. The molecule has 0 saturated carbocycles. The van der Waals surface area contributed by atoms with Crippen molar-refractivity contribution in [2.75, 3.05) is 0 Å². The molecule has 0 amide bonds. The fourth-order valence-corrected chi connectivity index (χ4v) is 1.37. The van der Waals surface area contributed by atoms with Crippen LogP contribution in [0.4, 0.5) is 0 Å². The van der Waals surface area contributed by atoms with Crippen molar-refractivity contribution in [3.63, 3.8) is 0 Å². The Hall–Kier alpha value is -0.590. The summed E-state index contributed by atoms with van der Waals surface area (Å²) in [4.78, 5) is 11.0. The number of carbonyl (C=O) groups excluding carboxylic acids is 1. The summed E-state index contributed by atoms with van der Waals surface area (Å²) in [6.45, 7) is 4.09. The SMILES string of the molecule is CCC1C=C(C)C(=O)CC1. The van der Waals surface area contributed by atoms with Gasteiger partial charge in [-0.05, 0) is 31.3 Å². The summed E-state index contributed by atoms with van der Waals surface area (Å²) in [7, 11) is 0. The van der Waals surface area contributed by atoms with Gasteiger partial charge >= 0.3 is 0 Å². The minimum Gasteiger partial charge on any atom is -0.295 e. The fraction of sp³-hybridized carbons (Fsp3) is 0.667. The Morgan fingerprint density at radius 1 is 1.70 bits per heavy atom. The lowest BCUT2D eigenvalue weighted by molar-refractivity contribution is -0.116. The van der Waals surface area contributed by atoms with E-state index in [4.69, 9.17) is 0 Å². The molecule has 1 rings (SSSR count). The van der Waals surface area contributed by atoms with E-state index in [1.54, 1.807) is 0 Å². The van der Waals surface area contributed by atoms with E-state index in [0.717, 1.165) is 18.4 Å². The maximum atomic E-state index is 11.0. The van der Waals surface area contributed by atoms with E-state index in [1.807, 2.05) is 6.92 Å². The number of hydrogen-bond acceptors (Lipinski definition) is 1. The molecule has 0 radical (unpaired) electrons. The lowest BCUT2D eigenvalue weighted by atomic mass is 9.89. The van der Waals surface area contributed by atoms with Crippen LogP contribution in [-0.2, 0) is 4.79 Å². The van der Waals surface area contributed by atoms with E-state index >= 15 is 0 Å². The van der Waals surface area contributed by atoms with Gasteiger partial charge < -0.3 is 0 Å². The van der Waals surface area contributed by atoms with Crippen molar-refractivity contribution in [3.8, 4) is 0 Å². The Bertz CT molecular complexity index is 168. The molecule has 0 bridgehead atoms. The molecule has 56 valence electrons. The van der Waals surface area contributed by atoms with E-state index in [2.05, 4.69) is 13.0 Å². The maximum absolute atomic E-state index is 11.0. The van der Waals surface area contributed by atoms with Crippen LogP contribution in [0.3, 0.4) is 0 Å². The minimum atomic E-state index is 0.338. The summed E-state index contributed by atoms with van der Waals surface area (Å²) in [6, 6.07) is 0. The lowest BCUT2D eigenvalue weighted by Gasteiger charge is -2.15. The van der Waals surface area contributed by atoms with E-state index in [0.29, 0.717) is 11.7 Å². The molecule has 0 aromatic carbocycles. The highest BCUT2D eigenvalue weighted by Gasteiger charge is 2.15. The third-order valence-electron chi connectivity index (χ3n) is 2.19. The molecule has 0 spiro atoms. The molecule has 1 heteroatoms. The third-order valence-corrected chi connectivity index (χ3v) is 2.19. The molecule has 0 aromatic heterocycles. The molecule has 1 unspecified atom stereocenters. The predicted molar refractivity (Wildman–Crippen MR) is 41.8 cm³/mol. The highest BCUT2D eigenvalue weighted by atomic mass is 16.1. The normalized spacial score (nSPS) is 26.4. The highest BCUT2D eigenvalue weighted by molar-refractivity contribution is 5.95. The molecule has 10 heavy (non-hydrogen) atoms. The Balaban J connectivity index is 2.65. The number of ketones is 1. The van der Waals surface area contributed by atoms with Gasteiger partial charge in [0.1, 0.15) is 0 Å². The Morgan fingerprint density at radius 3 is 2.90 bits per heavy atom. The summed E-state index contributed by atoms with van der Waals surface area (Å²) in [6.07, 6.45) is 5.12. The standard InChI is InChI=1S/C9H14O/c1-3-8-4-5-9(10)7(2)6-8/h6,8H,3-5H2,1-2H3. The van der Waals surface area contributed by atoms with Crippen LogP contribution >= 0.6 is 0 Å². The van der Waals surface area contributed by atoms with Gasteiger partial charge in [0.2, 0.25) is 0 Å². The number of Topliss-reactive ketones (excluding diaryl/α,β-unsaturated/α-hetero) is 1. The van der Waals surface area contributed by atoms with Crippen molar-refractivity contribution in [1.29, 1.82) is 0 Å². The van der Waals surface area contributed by atoms with Gasteiger partial charge in [0.15, 0.2) is 5.78 Å². The van der Waals surface area contributed by atoms with Crippen molar-refractivity contribution < 1.29 is 4.79 Å². The summed E-state index contributed by atoms with van der Waals surface area (Å²) < 4.78 is 0. The first kappa shape index (κ1) is 7.52. The Morgan fingerprint density at radius 2 is 2.40 bits per heavy atom. The van der Waals surface area contributed by atoms with Gasteiger partial charge in [0.05, 0.1) is 0 Å². The van der Waals surface area contributed by atoms with Crippen molar-refractivity contribution in [2.24, 2.45) is 5.92 Å². The smallest absolute Gasteiger partial charge is 0.158 e. The van der Waals surface area contributed by atoms with Crippen LogP contribution in [0.1, 0.15) is 33.1 Å². The zero-order chi connectivity index (χ0) is 7.56. The van der Waals surface area contributed by atoms with Crippen LogP contribution < -0.4 is 0 Å². The summed E-state index contributed by atoms with van der Waals surface area (Å²) in [5.41, 5.74) is 0.970. The number of carbonyl (C=O) groups is 1. The zero-order valence-corrected chi connectivity index (χ0v) is 6.68. The maximum Gasteiger partial charge on any atom is 0.158 e. The predicted octanol–water partition coefficient (Wildman–Crippen LogP) is 2.32. The van der Waals surface area contributed by atoms with Gasteiger partial charge in [0.25, 0.3) is 0 Å². The summed E-state index contributed by atoms with van der Waals surface area (Å²) >= 11 is 0. The van der Waals surface area contributed by atoms with Gasteiger partial charge in [-0.1, -0.05) is 13.0 Å². The van der Waals surface area contributed by atoms with Gasteiger partial charge in [-0.2, -0.15) is 0 Å². The molecule has 0 heterocycles. The topological polar surface area (TPSA) is 17.1 Å². The van der Waals surface area contributed by atoms with Crippen LogP contribution in [0.5, 0.6) is 0 Å². The highest BCUT2D eigenvalue weighted by Crippen LogP contribution is 2.21. The van der Waals surface area contributed by atoms with Gasteiger partial charge in [0, 0.05) is 6.42 Å². The Kier molecular flexibility index (Phi) is 2.25. The first-order valence-electron chi connectivity index (χ1n) is 3.95. The second-order valence-corrected chi connectivity index (χ2v) is 2.98. The van der Waals surface area contributed by atoms with Crippen molar-refractivity contribution in [1.82, 2.24) is 0 Å². The van der Waals surface area contributed by atoms with Crippen molar-refractivity contribution >= 4 is 5.78 Å². The average molecular weight is 138 g/mol. The van der Waals surface area contributed by atoms with Gasteiger partial charge in [-0.3, -0.25) is 4.79 Å². The lowest BCUT2D eigenvalue weighted by Crippen LogP contribution is -2.11. The minimum absolute atomic E-state index is 0.338. The number of allylic oxidation sites excluding steroid dienone is 2. The molecule has 1 aliphatic carbocycles. The fourth-order valence-electron chi connectivity index (χ4n) is 1.37. The van der Waals surface area contributed by atoms with Gasteiger partial charge in [-0.25, -0.2) is 0 Å². The summed E-state index contributed by atoms with van der Waals surface area (Å²) in [5.74, 6) is 1.00. The third kappa shape index (κ3) is 1.47. The first-order valence-corrected chi connectivity index (χ1v) is 3.95. The molecule has 0 saturated heterocycles. The molecule has 1 atom stereocenters. The second-order valence-electron chi connectivity index (χ2n) is 2.98. The van der Waals surface area contributed by atoms with E-state index in [1.165, 1.54) is 6.42 Å². The van der Waals surface area contributed by atoms with E-state index in [-0.39, 0.29) is 0 Å². The zero-order valence-electron chi connectivity index (χ0n) is 6.68. The second kappa shape index (κ2) is 3.00. The first-order chi connectivity index (χ1) is 4.74. The largest absolute Gasteiger partial charge is 0.295 e. The van der Waals surface area contributed by atoms with Gasteiger partial charge in [-0.15, -0.1) is 0 Å². The van der Waals surface area contributed by atoms with Crippen LogP contribution in [0, 0.1) is 5.92 Å². The quantitative estimate of drug-likeness (QED) is 0.543. The molecule has 1 aliphatic rings. The number of rotatable bonds is 1. The van der Waals surface area contributed by atoms with Crippen LogP contribution in [0.2, 0.25) is 0 Å². The molecule has 0 aliphatic heterocycles. The molecular formula is C9H14O. The average Bonchev–Trinajstić information content (AvgIpc) is 1.95. The molecule has 0 fully saturated rings. The van der Waals surface area contributed by atoms with E-state index < -0.39 is 0 Å². The van der Waals surface area contributed by atoms with Crippen LogP contribution in [-0.4, -0.2) is 5.78 Å². The Labute approximate surface area is 62.1 Å².